The highest BCUT2D eigenvalue weighted by molar-refractivity contribution is 5.69. The average Bonchev–Trinajstić information content (AvgIpc) is 3.18. The Bertz CT molecular complexity index is 775. The first-order valence-electron chi connectivity index (χ1n) is 23.9. The second-order valence-electron chi connectivity index (χ2n) is 15.9. The van der Waals surface area contributed by atoms with Gasteiger partial charge in [-0.15, -0.1) is 0 Å². The molecule has 0 spiro atoms. The number of nitrogens with zero attached hydrogens (tertiary/aromatic N) is 1. The molecule has 0 N–H and O–H groups in total. The lowest BCUT2D eigenvalue weighted by atomic mass is 10.0. The van der Waals surface area contributed by atoms with E-state index >= 15 is 0 Å². The minimum Gasteiger partial charge on any atom is -0.466 e. The molecule has 8 heteroatoms. The van der Waals surface area contributed by atoms with Crippen LogP contribution < -0.4 is 0 Å². The summed E-state index contributed by atoms with van der Waals surface area (Å²) >= 11 is 0. The zero-order chi connectivity index (χ0) is 40.3. The van der Waals surface area contributed by atoms with E-state index in [0.717, 1.165) is 103 Å². The Morgan fingerprint density at radius 2 is 0.891 bits per heavy atom. The molecule has 0 saturated heterocycles. The molecule has 0 rings (SSSR count). The minimum atomic E-state index is -0.606. The molecular weight excluding hydrogens is 691 g/mol. The second-order valence-corrected chi connectivity index (χ2v) is 15.9. The van der Waals surface area contributed by atoms with Crippen LogP contribution in [-0.4, -0.2) is 75.5 Å². The molecule has 0 saturated carbocycles. The summed E-state index contributed by atoms with van der Waals surface area (Å²) in [4.78, 5) is 27.4. The van der Waals surface area contributed by atoms with Gasteiger partial charge in [0.25, 0.3) is 0 Å². The summed E-state index contributed by atoms with van der Waals surface area (Å²) in [5.74, 6) is -0.168. The molecule has 1 atom stereocenters. The van der Waals surface area contributed by atoms with Crippen molar-refractivity contribution in [3.63, 3.8) is 0 Å². The maximum absolute atomic E-state index is 12.6. The highest BCUT2D eigenvalue weighted by Gasteiger charge is 2.17. The molecule has 8 nitrogen and oxygen atoms in total. The fraction of sp³-hybridized carbons (Fsp3) is 0.957. The van der Waals surface area contributed by atoms with Gasteiger partial charge in [0.15, 0.2) is 6.29 Å². The van der Waals surface area contributed by atoms with Gasteiger partial charge in [-0.2, -0.15) is 0 Å². The summed E-state index contributed by atoms with van der Waals surface area (Å²) in [5, 5.41) is 0. The predicted octanol–water partition coefficient (Wildman–Crippen LogP) is 13.9. The standard InChI is InChI=1S/C47H93NO7/c1-6-11-14-17-20-21-22-23-24-29-35-44(55-47(50)54-42-34-39-48(9-4)10-5)38-43-51-45(49)36-30-25-26-31-37-46(52-40-32-27-18-15-12-7-2)53-41-33-28-19-16-13-8-3/h44,46H,6-43H2,1-5H3. The molecule has 0 aliphatic rings. The lowest BCUT2D eigenvalue weighted by molar-refractivity contribution is -0.148. The van der Waals surface area contributed by atoms with Crippen LogP contribution in [0.1, 0.15) is 234 Å². The second kappa shape index (κ2) is 43.7. The van der Waals surface area contributed by atoms with E-state index in [0.29, 0.717) is 19.4 Å². The molecule has 0 radical (unpaired) electrons. The van der Waals surface area contributed by atoms with Gasteiger partial charge in [0.1, 0.15) is 6.10 Å². The molecule has 0 aromatic carbocycles. The van der Waals surface area contributed by atoms with Crippen LogP contribution in [0.4, 0.5) is 4.79 Å². The van der Waals surface area contributed by atoms with Crippen molar-refractivity contribution >= 4 is 12.1 Å². The largest absolute Gasteiger partial charge is 0.508 e. The number of carbonyl (C=O) groups excluding carboxylic acids is 2. The smallest absolute Gasteiger partial charge is 0.466 e. The number of hydrogen-bond acceptors (Lipinski definition) is 8. The van der Waals surface area contributed by atoms with E-state index in [2.05, 4.69) is 39.5 Å². The van der Waals surface area contributed by atoms with Gasteiger partial charge in [0.05, 0.1) is 13.2 Å². The Morgan fingerprint density at radius 3 is 1.40 bits per heavy atom. The van der Waals surface area contributed by atoms with Gasteiger partial charge in [0.2, 0.25) is 0 Å². The van der Waals surface area contributed by atoms with E-state index in [1.54, 1.807) is 0 Å². The molecular formula is C47H93NO7. The van der Waals surface area contributed by atoms with Crippen LogP contribution >= 0.6 is 0 Å². The number of esters is 1. The third-order valence-corrected chi connectivity index (χ3v) is 10.8. The third-order valence-electron chi connectivity index (χ3n) is 10.8. The van der Waals surface area contributed by atoms with E-state index in [9.17, 15) is 9.59 Å². The van der Waals surface area contributed by atoms with E-state index in [-0.39, 0.29) is 25.0 Å². The van der Waals surface area contributed by atoms with Crippen LogP contribution in [0.15, 0.2) is 0 Å². The zero-order valence-corrected chi connectivity index (χ0v) is 37.3. The Labute approximate surface area is 341 Å². The van der Waals surface area contributed by atoms with Crippen molar-refractivity contribution in [1.82, 2.24) is 4.90 Å². The predicted molar refractivity (Wildman–Crippen MR) is 231 cm³/mol. The van der Waals surface area contributed by atoms with Crippen molar-refractivity contribution in [2.24, 2.45) is 0 Å². The van der Waals surface area contributed by atoms with Gasteiger partial charge in [-0.1, -0.05) is 169 Å². The molecule has 0 heterocycles. The molecule has 0 aliphatic heterocycles. The van der Waals surface area contributed by atoms with Crippen LogP contribution in [0, 0.1) is 0 Å². The van der Waals surface area contributed by atoms with Crippen molar-refractivity contribution < 1.29 is 33.3 Å². The lowest BCUT2D eigenvalue weighted by Gasteiger charge is -2.19. The normalized spacial score (nSPS) is 12.1. The van der Waals surface area contributed by atoms with E-state index in [4.69, 9.17) is 23.7 Å². The maximum Gasteiger partial charge on any atom is 0.508 e. The molecule has 0 aliphatic carbocycles. The van der Waals surface area contributed by atoms with Crippen LogP contribution in [0.25, 0.3) is 0 Å². The highest BCUT2D eigenvalue weighted by atomic mass is 16.7. The first-order chi connectivity index (χ1) is 27.0. The summed E-state index contributed by atoms with van der Waals surface area (Å²) in [5.41, 5.74) is 0. The van der Waals surface area contributed by atoms with Gasteiger partial charge < -0.3 is 28.6 Å². The Morgan fingerprint density at radius 1 is 0.436 bits per heavy atom. The first kappa shape index (κ1) is 53.6. The SMILES string of the molecule is CCCCCCCCCCCCC(CCOC(=O)CCCCCCC(OCCCCCCCC)OCCCCCCCC)OC(=O)OCCCN(CC)CC. The first-order valence-corrected chi connectivity index (χ1v) is 23.9. The number of ether oxygens (including phenoxy) is 5. The molecule has 1 unspecified atom stereocenters. The zero-order valence-electron chi connectivity index (χ0n) is 37.3. The minimum absolute atomic E-state index is 0.114. The van der Waals surface area contributed by atoms with Crippen molar-refractivity contribution in [2.45, 2.75) is 246 Å². The summed E-state index contributed by atoms with van der Waals surface area (Å²) in [6, 6.07) is 0. The summed E-state index contributed by atoms with van der Waals surface area (Å²) in [7, 11) is 0. The van der Waals surface area contributed by atoms with Crippen molar-refractivity contribution in [2.75, 3.05) is 46.1 Å². The van der Waals surface area contributed by atoms with Crippen molar-refractivity contribution in [3.05, 3.63) is 0 Å². The average molecular weight is 784 g/mol. The number of hydrogen-bond donors (Lipinski definition) is 0. The summed E-state index contributed by atoms with van der Waals surface area (Å²) in [6.45, 7) is 16.1. The van der Waals surface area contributed by atoms with Crippen LogP contribution in [0.5, 0.6) is 0 Å². The van der Waals surface area contributed by atoms with E-state index < -0.39 is 6.16 Å². The Hall–Kier alpha value is -1.38. The topological polar surface area (TPSA) is 83.5 Å². The fourth-order valence-electron chi connectivity index (χ4n) is 6.99. The van der Waals surface area contributed by atoms with Crippen molar-refractivity contribution in [3.8, 4) is 0 Å². The number of rotatable bonds is 44. The molecule has 0 bridgehead atoms. The maximum atomic E-state index is 12.6. The molecule has 0 aromatic rings. The van der Waals surface area contributed by atoms with Crippen LogP contribution in [-0.2, 0) is 28.5 Å². The number of unbranched alkanes of at least 4 members (excludes halogenated alkanes) is 22. The van der Waals surface area contributed by atoms with E-state index in [1.165, 1.54) is 116 Å². The van der Waals surface area contributed by atoms with E-state index in [1.807, 2.05) is 0 Å². The summed E-state index contributed by atoms with van der Waals surface area (Å²) < 4.78 is 29.1. The highest BCUT2D eigenvalue weighted by Crippen LogP contribution is 2.17. The monoisotopic (exact) mass is 784 g/mol. The fourth-order valence-corrected chi connectivity index (χ4v) is 6.99. The van der Waals surface area contributed by atoms with Gasteiger partial charge in [-0.25, -0.2) is 4.79 Å². The Balaban J connectivity index is 4.47. The molecule has 0 amide bonds. The molecule has 0 fully saturated rings. The summed E-state index contributed by atoms with van der Waals surface area (Å²) in [6.07, 6.45) is 34.0. The van der Waals surface area contributed by atoms with Gasteiger partial charge in [-0.05, 0) is 64.5 Å². The Kier molecular flexibility index (Phi) is 42.6. The van der Waals surface area contributed by atoms with Crippen LogP contribution in [0.3, 0.4) is 0 Å². The third kappa shape index (κ3) is 39.2. The van der Waals surface area contributed by atoms with Gasteiger partial charge in [0, 0.05) is 32.6 Å². The molecule has 55 heavy (non-hydrogen) atoms. The lowest BCUT2D eigenvalue weighted by Crippen LogP contribution is -2.26. The van der Waals surface area contributed by atoms with Gasteiger partial charge in [-0.3, -0.25) is 4.79 Å². The molecule has 0 aromatic heterocycles. The van der Waals surface area contributed by atoms with Crippen molar-refractivity contribution in [1.29, 1.82) is 0 Å². The number of carbonyl (C=O) groups is 2. The van der Waals surface area contributed by atoms with Crippen LogP contribution in [0.2, 0.25) is 0 Å². The van der Waals surface area contributed by atoms with Gasteiger partial charge >= 0.3 is 12.1 Å². The molecule has 328 valence electrons. The quantitative estimate of drug-likeness (QED) is 0.0343.